The van der Waals surface area contributed by atoms with Crippen molar-refractivity contribution in [1.29, 1.82) is 0 Å². The molecule has 3 N–H and O–H groups in total. The average molecular weight is 250 g/mol. The van der Waals surface area contributed by atoms with E-state index < -0.39 is 17.9 Å². The summed E-state index contributed by atoms with van der Waals surface area (Å²) in [5.41, 5.74) is 0.984. The summed E-state index contributed by atoms with van der Waals surface area (Å²) in [5.74, 6) is -1.40. The minimum Gasteiger partial charge on any atom is -0.391 e. The molecule has 0 spiro atoms. The van der Waals surface area contributed by atoms with Crippen molar-refractivity contribution in [3.8, 4) is 0 Å². The van der Waals surface area contributed by atoms with Gasteiger partial charge in [0.2, 0.25) is 0 Å². The Labute approximate surface area is 106 Å². The number of carbonyl (C=O) groups is 2. The molecule has 1 aromatic rings. The van der Waals surface area contributed by atoms with Crippen molar-refractivity contribution in [2.24, 2.45) is 0 Å². The summed E-state index contributed by atoms with van der Waals surface area (Å²) >= 11 is 0. The van der Waals surface area contributed by atoms with Crippen LogP contribution in [-0.2, 0) is 16.0 Å². The Morgan fingerprint density at radius 2 is 1.78 bits per heavy atom. The summed E-state index contributed by atoms with van der Waals surface area (Å²) in [6, 6.07) is 9.46. The first kappa shape index (κ1) is 14.2. The van der Waals surface area contributed by atoms with Crippen LogP contribution in [0.2, 0.25) is 0 Å². The van der Waals surface area contributed by atoms with E-state index >= 15 is 0 Å². The molecule has 0 bridgehead atoms. The Kier molecular flexibility index (Phi) is 5.87. The summed E-state index contributed by atoms with van der Waals surface area (Å²) in [6.45, 7) is 2.19. The molecule has 0 aliphatic carbocycles. The fourth-order valence-corrected chi connectivity index (χ4v) is 1.49. The number of aliphatic hydroxyl groups excluding tert-OH is 1. The van der Waals surface area contributed by atoms with Crippen LogP contribution in [0.5, 0.6) is 0 Å². The predicted octanol–water partition coefficient (Wildman–Crippen LogP) is -0.158. The SMILES string of the molecule is CCNC(=O)C(=O)NCC(O)Cc1ccccc1. The molecule has 0 heterocycles. The van der Waals surface area contributed by atoms with Crippen LogP contribution >= 0.6 is 0 Å². The average Bonchev–Trinajstić information content (AvgIpc) is 2.37. The van der Waals surface area contributed by atoms with Gasteiger partial charge >= 0.3 is 11.8 Å². The van der Waals surface area contributed by atoms with E-state index in [1.807, 2.05) is 30.3 Å². The standard InChI is InChI=1S/C13H18N2O3/c1-2-14-12(17)13(18)15-9-11(16)8-10-6-4-3-5-7-10/h3-7,11,16H,2,8-9H2,1H3,(H,14,17)(H,15,18). The molecule has 0 fully saturated rings. The smallest absolute Gasteiger partial charge is 0.309 e. The van der Waals surface area contributed by atoms with Gasteiger partial charge in [-0.3, -0.25) is 9.59 Å². The highest BCUT2D eigenvalue weighted by Gasteiger charge is 2.13. The minimum absolute atomic E-state index is 0.0604. The molecular weight excluding hydrogens is 232 g/mol. The zero-order valence-electron chi connectivity index (χ0n) is 10.3. The van der Waals surface area contributed by atoms with Crippen LogP contribution in [0.4, 0.5) is 0 Å². The molecule has 1 atom stereocenters. The van der Waals surface area contributed by atoms with Gasteiger partial charge in [0, 0.05) is 19.5 Å². The van der Waals surface area contributed by atoms with Gasteiger partial charge < -0.3 is 15.7 Å². The van der Waals surface area contributed by atoms with E-state index in [0.29, 0.717) is 13.0 Å². The first-order valence-corrected chi connectivity index (χ1v) is 5.91. The highest BCUT2D eigenvalue weighted by atomic mass is 16.3. The van der Waals surface area contributed by atoms with Gasteiger partial charge in [-0.05, 0) is 12.5 Å². The zero-order chi connectivity index (χ0) is 13.4. The molecule has 0 aliphatic heterocycles. The van der Waals surface area contributed by atoms with Crippen LogP contribution in [0.1, 0.15) is 12.5 Å². The largest absolute Gasteiger partial charge is 0.391 e. The van der Waals surface area contributed by atoms with Gasteiger partial charge in [-0.25, -0.2) is 0 Å². The summed E-state index contributed by atoms with van der Waals surface area (Å²) in [5, 5.41) is 14.5. The maximum absolute atomic E-state index is 11.3. The molecule has 0 saturated heterocycles. The molecule has 0 radical (unpaired) electrons. The van der Waals surface area contributed by atoms with Gasteiger partial charge in [0.25, 0.3) is 0 Å². The van der Waals surface area contributed by atoms with Gasteiger partial charge in [-0.2, -0.15) is 0 Å². The van der Waals surface area contributed by atoms with E-state index in [9.17, 15) is 14.7 Å². The fraction of sp³-hybridized carbons (Fsp3) is 0.385. The Balaban J connectivity index is 2.31. The Bertz CT molecular complexity index is 392. The van der Waals surface area contributed by atoms with Crippen LogP contribution in [0.15, 0.2) is 30.3 Å². The molecule has 1 unspecified atom stereocenters. The number of aliphatic hydroxyl groups is 1. The topological polar surface area (TPSA) is 78.4 Å². The summed E-state index contributed by atoms with van der Waals surface area (Å²) in [4.78, 5) is 22.4. The number of hydrogen-bond acceptors (Lipinski definition) is 3. The molecule has 1 aromatic carbocycles. The lowest BCUT2D eigenvalue weighted by molar-refractivity contribution is -0.139. The molecule has 18 heavy (non-hydrogen) atoms. The van der Waals surface area contributed by atoms with Gasteiger partial charge in [-0.15, -0.1) is 0 Å². The molecule has 5 heteroatoms. The Morgan fingerprint density at radius 1 is 1.17 bits per heavy atom. The first-order chi connectivity index (χ1) is 8.63. The van der Waals surface area contributed by atoms with Crippen molar-refractivity contribution in [2.75, 3.05) is 13.1 Å². The van der Waals surface area contributed by atoms with E-state index in [4.69, 9.17) is 0 Å². The van der Waals surface area contributed by atoms with Gasteiger partial charge in [0.05, 0.1) is 6.10 Å². The van der Waals surface area contributed by atoms with Crippen molar-refractivity contribution in [1.82, 2.24) is 10.6 Å². The maximum atomic E-state index is 11.3. The Morgan fingerprint density at radius 3 is 2.39 bits per heavy atom. The van der Waals surface area contributed by atoms with E-state index in [0.717, 1.165) is 5.56 Å². The van der Waals surface area contributed by atoms with Crippen molar-refractivity contribution in [3.05, 3.63) is 35.9 Å². The molecule has 1 rings (SSSR count). The molecule has 5 nitrogen and oxygen atoms in total. The highest BCUT2D eigenvalue weighted by Crippen LogP contribution is 2.02. The Hall–Kier alpha value is -1.88. The minimum atomic E-state index is -0.719. The zero-order valence-corrected chi connectivity index (χ0v) is 10.3. The molecule has 2 amide bonds. The number of nitrogens with one attached hydrogen (secondary N) is 2. The van der Waals surface area contributed by atoms with Crippen LogP contribution in [0.25, 0.3) is 0 Å². The van der Waals surface area contributed by atoms with Crippen molar-refractivity contribution < 1.29 is 14.7 Å². The van der Waals surface area contributed by atoms with Crippen molar-refractivity contribution >= 4 is 11.8 Å². The second kappa shape index (κ2) is 7.45. The summed E-state index contributed by atoms with van der Waals surface area (Å²) in [6.07, 6.45) is -0.262. The van der Waals surface area contributed by atoms with Gasteiger partial charge in [0.1, 0.15) is 0 Å². The maximum Gasteiger partial charge on any atom is 0.309 e. The van der Waals surface area contributed by atoms with Crippen LogP contribution < -0.4 is 10.6 Å². The van der Waals surface area contributed by atoms with E-state index in [2.05, 4.69) is 10.6 Å². The lowest BCUT2D eigenvalue weighted by atomic mass is 10.1. The molecular formula is C13H18N2O3. The first-order valence-electron chi connectivity index (χ1n) is 5.91. The third kappa shape index (κ3) is 4.97. The quantitative estimate of drug-likeness (QED) is 0.636. The number of hydrogen-bond donors (Lipinski definition) is 3. The van der Waals surface area contributed by atoms with Crippen LogP contribution in [-0.4, -0.2) is 36.1 Å². The second-order valence-electron chi connectivity index (χ2n) is 3.91. The number of amides is 2. The lowest BCUT2D eigenvalue weighted by Gasteiger charge is -2.11. The number of benzene rings is 1. The van der Waals surface area contributed by atoms with Crippen LogP contribution in [0.3, 0.4) is 0 Å². The van der Waals surface area contributed by atoms with E-state index in [1.54, 1.807) is 6.92 Å². The highest BCUT2D eigenvalue weighted by molar-refractivity contribution is 6.35. The monoisotopic (exact) mass is 250 g/mol. The van der Waals surface area contributed by atoms with E-state index in [1.165, 1.54) is 0 Å². The normalized spacial score (nSPS) is 11.7. The summed E-state index contributed by atoms with van der Waals surface area (Å²) in [7, 11) is 0. The van der Waals surface area contributed by atoms with E-state index in [-0.39, 0.29) is 6.54 Å². The predicted molar refractivity (Wildman–Crippen MR) is 67.8 cm³/mol. The molecule has 0 saturated carbocycles. The fourth-order valence-electron chi connectivity index (χ4n) is 1.49. The van der Waals surface area contributed by atoms with Gasteiger partial charge in [0.15, 0.2) is 0 Å². The van der Waals surface area contributed by atoms with Crippen molar-refractivity contribution in [2.45, 2.75) is 19.4 Å². The molecule has 0 aliphatic rings. The summed E-state index contributed by atoms with van der Waals surface area (Å²) < 4.78 is 0. The lowest BCUT2D eigenvalue weighted by Crippen LogP contribution is -2.43. The molecule has 98 valence electrons. The van der Waals surface area contributed by atoms with Crippen molar-refractivity contribution in [3.63, 3.8) is 0 Å². The van der Waals surface area contributed by atoms with Gasteiger partial charge in [-0.1, -0.05) is 30.3 Å². The third-order valence-corrected chi connectivity index (χ3v) is 2.36. The number of likely N-dealkylation sites (N-methyl/N-ethyl adjacent to an activating group) is 1. The van der Waals surface area contributed by atoms with Crippen LogP contribution in [0, 0.1) is 0 Å². The second-order valence-corrected chi connectivity index (χ2v) is 3.91. The molecule has 0 aromatic heterocycles. The number of carbonyl (C=O) groups excluding carboxylic acids is 2. The third-order valence-electron chi connectivity index (χ3n) is 2.36. The number of rotatable bonds is 5.